The zero-order valence-corrected chi connectivity index (χ0v) is 12.9. The molecule has 0 spiro atoms. The van der Waals surface area contributed by atoms with Gasteiger partial charge in [-0.2, -0.15) is 11.8 Å². The largest absolute Gasteiger partial charge is 0.399 e. The van der Waals surface area contributed by atoms with E-state index in [4.69, 9.17) is 5.73 Å². The average Bonchev–Trinajstić information content (AvgIpc) is 2.38. The van der Waals surface area contributed by atoms with Gasteiger partial charge in [0.25, 0.3) is 5.91 Å². The van der Waals surface area contributed by atoms with E-state index < -0.39 is 0 Å². The van der Waals surface area contributed by atoms with E-state index in [1.54, 1.807) is 23.9 Å². The normalized spacial score (nSPS) is 12.0. The van der Waals surface area contributed by atoms with Crippen molar-refractivity contribution in [3.63, 3.8) is 0 Å². The Hall–Kier alpha value is -1.36. The van der Waals surface area contributed by atoms with Crippen LogP contribution in [0.3, 0.4) is 0 Å². The summed E-state index contributed by atoms with van der Waals surface area (Å²) in [6.07, 6.45) is 2.08. The molecule has 1 rings (SSSR count). The van der Waals surface area contributed by atoms with Crippen LogP contribution in [0.25, 0.3) is 0 Å². The van der Waals surface area contributed by atoms with Crippen LogP contribution in [-0.2, 0) is 0 Å². The predicted molar refractivity (Wildman–Crippen MR) is 85.1 cm³/mol. The Balaban J connectivity index is 3.09. The molecule has 0 heterocycles. The van der Waals surface area contributed by atoms with Crippen molar-refractivity contribution in [2.45, 2.75) is 19.9 Å². The van der Waals surface area contributed by atoms with Crippen molar-refractivity contribution in [3.8, 4) is 0 Å². The zero-order chi connectivity index (χ0) is 14.4. The Morgan fingerprint density at radius 2 is 2.21 bits per heavy atom. The van der Waals surface area contributed by atoms with E-state index in [1.807, 2.05) is 20.0 Å². The van der Waals surface area contributed by atoms with E-state index in [1.165, 1.54) is 0 Å². The topological polar surface area (TPSA) is 58.4 Å². The molecular weight excluding hydrogens is 258 g/mol. The molecule has 0 aliphatic carbocycles. The molecule has 0 aliphatic rings. The smallest absolute Gasteiger partial charge is 0.253 e. The first-order chi connectivity index (χ1) is 9.01. The number of nitrogens with one attached hydrogen (secondary N) is 1. The molecule has 5 heteroatoms. The molecule has 1 amide bonds. The van der Waals surface area contributed by atoms with Gasteiger partial charge in [-0.15, -0.1) is 0 Å². The molecule has 1 aromatic carbocycles. The van der Waals surface area contributed by atoms with Gasteiger partial charge in [0.2, 0.25) is 0 Å². The highest BCUT2D eigenvalue weighted by Gasteiger charge is 2.17. The van der Waals surface area contributed by atoms with Gasteiger partial charge in [-0.1, -0.05) is 0 Å². The predicted octanol–water partition coefficient (Wildman–Crippen LogP) is 2.21. The lowest BCUT2D eigenvalue weighted by atomic mass is 10.1. The van der Waals surface area contributed by atoms with Crippen molar-refractivity contribution in [1.82, 2.24) is 5.32 Å². The Kier molecular flexibility index (Phi) is 6.02. The molecule has 0 fully saturated rings. The number of nitrogen functional groups attached to an aromatic ring is 1. The summed E-state index contributed by atoms with van der Waals surface area (Å²) in [6, 6.07) is 5.76. The molecule has 1 atom stereocenters. The lowest BCUT2D eigenvalue weighted by molar-refractivity contribution is 0.0956. The first-order valence-corrected chi connectivity index (χ1v) is 7.80. The van der Waals surface area contributed by atoms with Crippen molar-refractivity contribution >= 4 is 29.0 Å². The van der Waals surface area contributed by atoms with E-state index >= 15 is 0 Å². The van der Waals surface area contributed by atoms with Crippen LogP contribution in [0.1, 0.15) is 24.2 Å². The van der Waals surface area contributed by atoms with Gasteiger partial charge in [0, 0.05) is 31.1 Å². The fraction of sp³-hybridized carbons (Fsp3) is 0.500. The number of nitrogens with zero attached hydrogens (tertiary/aromatic N) is 1. The van der Waals surface area contributed by atoms with Gasteiger partial charge < -0.3 is 16.0 Å². The monoisotopic (exact) mass is 281 g/mol. The maximum Gasteiger partial charge on any atom is 0.253 e. The summed E-state index contributed by atoms with van der Waals surface area (Å²) in [6.45, 7) is 4.67. The van der Waals surface area contributed by atoms with Crippen LogP contribution in [-0.4, -0.2) is 37.6 Å². The Labute approximate surface area is 119 Å². The molecule has 1 unspecified atom stereocenters. The molecule has 0 bridgehead atoms. The summed E-state index contributed by atoms with van der Waals surface area (Å²) in [7, 11) is 2.00. The van der Waals surface area contributed by atoms with Gasteiger partial charge in [0.1, 0.15) is 0 Å². The number of carbonyl (C=O) groups excluding carboxylic acids is 1. The summed E-state index contributed by atoms with van der Waals surface area (Å²) in [5.74, 6) is 0.945. The van der Waals surface area contributed by atoms with Crippen LogP contribution in [0.2, 0.25) is 0 Å². The molecule has 4 nitrogen and oxygen atoms in total. The number of nitrogens with two attached hydrogens (primary N) is 1. The number of thioether (sulfide) groups is 1. The van der Waals surface area contributed by atoms with E-state index in [-0.39, 0.29) is 5.91 Å². The van der Waals surface area contributed by atoms with Crippen molar-refractivity contribution < 1.29 is 4.79 Å². The number of hydrogen-bond donors (Lipinski definition) is 2. The quantitative estimate of drug-likeness (QED) is 0.785. The van der Waals surface area contributed by atoms with Crippen LogP contribution in [0.5, 0.6) is 0 Å². The van der Waals surface area contributed by atoms with Gasteiger partial charge in [0.05, 0.1) is 11.3 Å². The fourth-order valence-corrected chi connectivity index (χ4v) is 2.58. The second-order valence-corrected chi connectivity index (χ2v) is 5.46. The second-order valence-electron chi connectivity index (χ2n) is 4.55. The lowest BCUT2D eigenvalue weighted by Crippen LogP contribution is -2.33. The van der Waals surface area contributed by atoms with Gasteiger partial charge in [0.15, 0.2) is 0 Å². The molecule has 0 radical (unpaired) electrons. The summed E-state index contributed by atoms with van der Waals surface area (Å²) in [5, 5.41) is 2.84. The average molecular weight is 281 g/mol. The van der Waals surface area contributed by atoms with Crippen LogP contribution in [0.4, 0.5) is 11.4 Å². The standard InChI is InChI=1S/C14H23N3OS/c1-5-16-14(18)12-7-6-11(15)8-13(12)17(3)10(2)9-19-4/h6-8,10H,5,9,15H2,1-4H3,(H,16,18). The Bertz CT molecular complexity index is 437. The number of rotatable bonds is 6. The van der Waals surface area contributed by atoms with Crippen LogP contribution >= 0.6 is 11.8 Å². The second kappa shape index (κ2) is 7.28. The minimum absolute atomic E-state index is 0.0549. The van der Waals surface area contributed by atoms with Gasteiger partial charge >= 0.3 is 0 Å². The Morgan fingerprint density at radius 3 is 2.79 bits per heavy atom. The van der Waals surface area contributed by atoms with E-state index in [0.29, 0.717) is 23.8 Å². The maximum atomic E-state index is 12.1. The van der Waals surface area contributed by atoms with Crippen molar-refractivity contribution in [2.24, 2.45) is 0 Å². The van der Waals surface area contributed by atoms with Gasteiger partial charge in [-0.3, -0.25) is 4.79 Å². The summed E-state index contributed by atoms with van der Waals surface area (Å²) >= 11 is 1.79. The maximum absolute atomic E-state index is 12.1. The lowest BCUT2D eigenvalue weighted by Gasteiger charge is -2.28. The zero-order valence-electron chi connectivity index (χ0n) is 12.1. The number of benzene rings is 1. The van der Waals surface area contributed by atoms with E-state index in [0.717, 1.165) is 11.4 Å². The number of amides is 1. The first-order valence-electron chi connectivity index (χ1n) is 6.40. The summed E-state index contributed by atoms with van der Waals surface area (Å²) in [4.78, 5) is 14.2. The van der Waals surface area contributed by atoms with Crippen LogP contribution in [0.15, 0.2) is 18.2 Å². The van der Waals surface area contributed by atoms with Gasteiger partial charge in [-0.05, 0) is 38.3 Å². The number of hydrogen-bond acceptors (Lipinski definition) is 4. The molecule has 106 valence electrons. The summed E-state index contributed by atoms with van der Waals surface area (Å²) in [5.41, 5.74) is 8.08. The Morgan fingerprint density at radius 1 is 1.53 bits per heavy atom. The molecule has 0 saturated heterocycles. The molecule has 3 N–H and O–H groups in total. The van der Waals surface area contributed by atoms with Crippen LogP contribution < -0.4 is 16.0 Å². The SMILES string of the molecule is CCNC(=O)c1ccc(N)cc1N(C)C(C)CSC. The van der Waals surface area contributed by atoms with Gasteiger partial charge in [-0.25, -0.2) is 0 Å². The third-order valence-electron chi connectivity index (χ3n) is 3.05. The third-order valence-corrected chi connectivity index (χ3v) is 3.87. The minimum Gasteiger partial charge on any atom is -0.399 e. The molecule has 1 aromatic rings. The number of carbonyl (C=O) groups is 1. The molecule has 0 saturated carbocycles. The highest BCUT2D eigenvalue weighted by molar-refractivity contribution is 7.98. The highest BCUT2D eigenvalue weighted by atomic mass is 32.2. The number of anilines is 2. The molecule has 0 aromatic heterocycles. The first kappa shape index (κ1) is 15.7. The third kappa shape index (κ3) is 4.06. The minimum atomic E-state index is -0.0549. The van der Waals surface area contributed by atoms with E-state index in [2.05, 4.69) is 23.4 Å². The van der Waals surface area contributed by atoms with Crippen molar-refractivity contribution in [1.29, 1.82) is 0 Å². The molecule has 19 heavy (non-hydrogen) atoms. The van der Waals surface area contributed by atoms with Crippen LogP contribution in [0, 0.1) is 0 Å². The van der Waals surface area contributed by atoms with Crippen molar-refractivity contribution in [2.75, 3.05) is 36.2 Å². The highest BCUT2D eigenvalue weighted by Crippen LogP contribution is 2.25. The molecule has 0 aliphatic heterocycles. The van der Waals surface area contributed by atoms with Crippen molar-refractivity contribution in [3.05, 3.63) is 23.8 Å². The fourth-order valence-electron chi connectivity index (χ4n) is 1.88. The summed E-state index contributed by atoms with van der Waals surface area (Å²) < 4.78 is 0. The molecular formula is C14H23N3OS. The van der Waals surface area contributed by atoms with E-state index in [9.17, 15) is 4.79 Å².